The molecule has 0 saturated heterocycles. The summed E-state index contributed by atoms with van der Waals surface area (Å²) in [5.41, 5.74) is -0.351. The molecule has 0 atom stereocenters. The van der Waals surface area contributed by atoms with Crippen molar-refractivity contribution in [3.63, 3.8) is 0 Å². The molecule has 0 spiro atoms. The predicted molar refractivity (Wildman–Crippen MR) is 106 cm³/mol. The Bertz CT molecular complexity index is 1380. The topological polar surface area (TPSA) is 174 Å². The normalized spacial score (nSPS) is 12.6. The van der Waals surface area contributed by atoms with Crippen molar-refractivity contribution in [2.75, 3.05) is 5.32 Å². The van der Waals surface area contributed by atoms with Gasteiger partial charge in [0.05, 0.1) is 28.3 Å². The fraction of sp³-hybridized carbons (Fsp3) is 0.0588. The van der Waals surface area contributed by atoms with Crippen LogP contribution in [0, 0.1) is 0 Å². The summed E-state index contributed by atoms with van der Waals surface area (Å²) in [6.07, 6.45) is 1.37. The first-order valence-corrected chi connectivity index (χ1v) is 12.6. The number of rotatable bonds is 7. The highest BCUT2D eigenvalue weighted by Crippen LogP contribution is 2.34. The Morgan fingerprint density at radius 3 is 2.07 bits per heavy atom. The maximum atomic E-state index is 13.1. The van der Waals surface area contributed by atoms with E-state index in [1.54, 1.807) is 18.2 Å². The van der Waals surface area contributed by atoms with E-state index in [4.69, 9.17) is 9.56 Å². The van der Waals surface area contributed by atoms with E-state index in [1.165, 1.54) is 30.5 Å². The summed E-state index contributed by atoms with van der Waals surface area (Å²) < 4.78 is 88.6. The van der Waals surface area contributed by atoms with Gasteiger partial charge in [-0.25, -0.2) is 22.0 Å². The fourth-order valence-corrected chi connectivity index (χ4v) is 6.06. The molecule has 3 aromatic rings. The number of nitrogens with one attached hydrogen (secondary N) is 1. The largest absolute Gasteiger partial charge is 0.467 e. The van der Waals surface area contributed by atoms with Crippen LogP contribution in [0.15, 0.2) is 84.9 Å². The van der Waals surface area contributed by atoms with Gasteiger partial charge in [-0.2, -0.15) is 8.42 Å². The van der Waals surface area contributed by atoms with Crippen LogP contribution in [0.4, 0.5) is 5.69 Å². The first kappa shape index (κ1) is 22.0. The second kappa shape index (κ2) is 7.85. The minimum Gasteiger partial charge on any atom is -0.467 e. The summed E-state index contributed by atoms with van der Waals surface area (Å²) >= 11 is 0. The van der Waals surface area contributed by atoms with Gasteiger partial charge in [0.25, 0.3) is 10.1 Å². The lowest BCUT2D eigenvalue weighted by Crippen LogP contribution is -2.19. The second-order valence-corrected chi connectivity index (χ2v) is 10.9. The van der Waals surface area contributed by atoms with Gasteiger partial charge in [0.2, 0.25) is 19.9 Å². The lowest BCUT2D eigenvalue weighted by atomic mass is 10.3. The molecule has 10 nitrogen and oxygen atoms in total. The van der Waals surface area contributed by atoms with Crippen molar-refractivity contribution in [1.82, 2.24) is 0 Å². The zero-order chi connectivity index (χ0) is 22.2. The van der Waals surface area contributed by atoms with E-state index >= 15 is 0 Å². The zero-order valence-corrected chi connectivity index (χ0v) is 17.5. The molecule has 4 N–H and O–H groups in total. The molecule has 1 aromatic heterocycles. The molecule has 0 amide bonds. The molecule has 0 saturated carbocycles. The molecular weight excluding hydrogens is 456 g/mol. The minimum atomic E-state index is -4.94. The average molecular weight is 473 g/mol. The van der Waals surface area contributed by atoms with E-state index in [0.717, 1.165) is 6.07 Å². The Morgan fingerprint density at radius 2 is 1.53 bits per heavy atom. The van der Waals surface area contributed by atoms with Crippen molar-refractivity contribution in [2.24, 2.45) is 5.14 Å². The summed E-state index contributed by atoms with van der Waals surface area (Å²) in [6.45, 7) is -0.0743. The van der Waals surface area contributed by atoms with Gasteiger partial charge in [0, 0.05) is 0 Å². The van der Waals surface area contributed by atoms with Gasteiger partial charge in [0.1, 0.15) is 15.6 Å². The van der Waals surface area contributed by atoms with Crippen molar-refractivity contribution in [3.8, 4) is 0 Å². The molecule has 160 valence electrons. The van der Waals surface area contributed by atoms with Crippen molar-refractivity contribution >= 4 is 35.7 Å². The molecule has 0 aliphatic carbocycles. The highest BCUT2D eigenvalue weighted by Gasteiger charge is 2.30. The molecule has 0 fully saturated rings. The summed E-state index contributed by atoms with van der Waals surface area (Å²) in [6, 6.07) is 11.4. The quantitative estimate of drug-likeness (QED) is 0.432. The van der Waals surface area contributed by atoms with Crippen molar-refractivity contribution in [3.05, 3.63) is 66.6 Å². The Morgan fingerprint density at radius 1 is 0.867 bits per heavy atom. The number of sulfone groups is 1. The Balaban J connectivity index is 2.28. The van der Waals surface area contributed by atoms with Crippen molar-refractivity contribution in [1.29, 1.82) is 0 Å². The van der Waals surface area contributed by atoms with E-state index in [1.807, 2.05) is 0 Å². The van der Waals surface area contributed by atoms with Gasteiger partial charge in [-0.15, -0.1) is 0 Å². The predicted octanol–water partition coefficient (Wildman–Crippen LogP) is 1.62. The van der Waals surface area contributed by atoms with Crippen LogP contribution in [0.2, 0.25) is 0 Å². The maximum absolute atomic E-state index is 13.1. The Hall–Kier alpha value is -2.71. The first-order chi connectivity index (χ1) is 13.9. The molecule has 0 aliphatic heterocycles. The molecule has 0 bridgehead atoms. The number of hydrogen-bond acceptors (Lipinski definition) is 8. The van der Waals surface area contributed by atoms with Crippen LogP contribution in [0.3, 0.4) is 0 Å². The third kappa shape index (κ3) is 4.55. The molecule has 13 heteroatoms. The standard InChI is InChI=1S/C17H16N2O8S3/c18-29(22,23)17-10-15(30(24,25)26)14(19-11-12-5-4-8-27-12)9-16(17)28(20,21)13-6-2-1-3-7-13/h1-10,19H,11H2,(H2,18,22,23)(H,24,25,26). The Labute approximate surface area is 173 Å². The molecule has 0 aliphatic rings. The average Bonchev–Trinajstić information content (AvgIpc) is 3.18. The molecule has 1 heterocycles. The summed E-state index contributed by atoms with van der Waals surface area (Å²) in [5.74, 6) is 0.374. The smallest absolute Gasteiger partial charge is 0.296 e. The SMILES string of the molecule is NS(=O)(=O)c1cc(S(=O)(=O)O)c(NCc2ccco2)cc1S(=O)(=O)c1ccccc1. The van der Waals surface area contributed by atoms with Gasteiger partial charge >= 0.3 is 0 Å². The highest BCUT2D eigenvalue weighted by molar-refractivity contribution is 7.93. The van der Waals surface area contributed by atoms with E-state index in [0.29, 0.717) is 11.8 Å². The molecule has 2 aromatic carbocycles. The molecule has 0 radical (unpaired) electrons. The zero-order valence-electron chi connectivity index (χ0n) is 15.1. The summed E-state index contributed by atoms with van der Waals surface area (Å²) in [4.78, 5) is -2.80. The molecule has 3 rings (SSSR count). The van der Waals surface area contributed by atoms with E-state index in [-0.39, 0.29) is 17.1 Å². The lowest BCUT2D eigenvalue weighted by Gasteiger charge is -2.15. The van der Waals surface area contributed by atoms with Crippen LogP contribution >= 0.6 is 0 Å². The van der Waals surface area contributed by atoms with Crippen LogP contribution in [0.5, 0.6) is 0 Å². The number of sulfonamides is 1. The lowest BCUT2D eigenvalue weighted by molar-refractivity contribution is 0.482. The van der Waals surface area contributed by atoms with Gasteiger partial charge < -0.3 is 9.73 Å². The van der Waals surface area contributed by atoms with Crippen LogP contribution in [-0.4, -0.2) is 29.8 Å². The first-order valence-electron chi connectivity index (χ1n) is 8.15. The van der Waals surface area contributed by atoms with Gasteiger partial charge in [-0.05, 0) is 36.4 Å². The number of hydrogen-bond donors (Lipinski definition) is 3. The number of furan rings is 1. The molecular formula is C17H16N2O8S3. The number of benzene rings is 2. The molecule has 0 unspecified atom stereocenters. The second-order valence-electron chi connectivity index (χ2n) is 6.06. The van der Waals surface area contributed by atoms with Crippen LogP contribution in [0.25, 0.3) is 0 Å². The third-order valence-electron chi connectivity index (χ3n) is 4.01. The van der Waals surface area contributed by atoms with Crippen LogP contribution < -0.4 is 10.5 Å². The van der Waals surface area contributed by atoms with Crippen LogP contribution in [-0.2, 0) is 36.5 Å². The fourth-order valence-electron chi connectivity index (χ4n) is 2.65. The summed E-state index contributed by atoms with van der Waals surface area (Å²) in [7, 11) is -14.0. The van der Waals surface area contributed by atoms with Crippen LogP contribution in [0.1, 0.15) is 5.76 Å². The van der Waals surface area contributed by atoms with Crippen molar-refractivity contribution in [2.45, 2.75) is 26.1 Å². The summed E-state index contributed by atoms with van der Waals surface area (Å²) in [5, 5.41) is 7.77. The number of nitrogens with two attached hydrogens (primary N) is 1. The van der Waals surface area contributed by atoms with E-state index in [9.17, 15) is 29.8 Å². The Kier molecular flexibility index (Phi) is 5.75. The third-order valence-corrected chi connectivity index (χ3v) is 7.79. The minimum absolute atomic E-state index is 0.0743. The highest BCUT2D eigenvalue weighted by atomic mass is 32.2. The van der Waals surface area contributed by atoms with Gasteiger partial charge in [0.15, 0.2) is 0 Å². The molecule has 30 heavy (non-hydrogen) atoms. The van der Waals surface area contributed by atoms with Gasteiger partial charge in [-0.1, -0.05) is 18.2 Å². The van der Waals surface area contributed by atoms with Gasteiger partial charge in [-0.3, -0.25) is 4.55 Å². The van der Waals surface area contributed by atoms with E-state index < -0.39 is 44.7 Å². The van der Waals surface area contributed by atoms with E-state index in [2.05, 4.69) is 5.32 Å². The number of primary sulfonamides is 1. The maximum Gasteiger partial charge on any atom is 0.296 e. The monoisotopic (exact) mass is 472 g/mol. The number of anilines is 1. The van der Waals surface area contributed by atoms with Crippen molar-refractivity contribution < 1.29 is 34.2 Å².